The van der Waals surface area contributed by atoms with E-state index in [0.29, 0.717) is 24.1 Å². The van der Waals surface area contributed by atoms with E-state index in [1.165, 1.54) is 4.90 Å². The van der Waals surface area contributed by atoms with Gasteiger partial charge in [0.05, 0.1) is 11.4 Å². The summed E-state index contributed by atoms with van der Waals surface area (Å²) in [6.07, 6.45) is 0.508. The van der Waals surface area contributed by atoms with Crippen LogP contribution in [0.4, 0.5) is 5.82 Å². The number of aliphatic carboxylic acids is 1. The van der Waals surface area contributed by atoms with Crippen molar-refractivity contribution in [1.29, 1.82) is 0 Å². The van der Waals surface area contributed by atoms with Gasteiger partial charge < -0.3 is 20.3 Å². The molecule has 0 saturated carbocycles. The second-order valence-electron chi connectivity index (χ2n) is 6.89. The lowest BCUT2D eigenvalue weighted by atomic mass is 9.90. The number of carboxylic acid groups (broad SMARTS) is 1. The molecule has 10 heteroatoms. The fraction of sp³-hybridized carbons (Fsp3) is 0.471. The van der Waals surface area contributed by atoms with Gasteiger partial charge in [0.2, 0.25) is 11.8 Å². The van der Waals surface area contributed by atoms with Crippen LogP contribution in [0.3, 0.4) is 0 Å². The Hall–Kier alpha value is -3.17. The molecule has 2 aromatic heterocycles. The molecule has 10 nitrogen and oxygen atoms in total. The van der Waals surface area contributed by atoms with Crippen LogP contribution in [0.1, 0.15) is 26.2 Å². The van der Waals surface area contributed by atoms with E-state index in [2.05, 4.69) is 20.3 Å². The number of nitrogens with zero attached hydrogens (tertiary/aromatic N) is 2. The number of pyridine rings is 1. The number of carbonyl (C=O) groups is 3. The van der Waals surface area contributed by atoms with Gasteiger partial charge in [-0.3, -0.25) is 19.4 Å². The fourth-order valence-corrected chi connectivity index (χ4v) is 3.30. The van der Waals surface area contributed by atoms with Crippen molar-refractivity contribution in [1.82, 2.24) is 19.9 Å². The van der Waals surface area contributed by atoms with Gasteiger partial charge in [0, 0.05) is 25.9 Å². The highest BCUT2D eigenvalue weighted by atomic mass is 16.4. The van der Waals surface area contributed by atoms with Gasteiger partial charge in [0.15, 0.2) is 5.65 Å². The van der Waals surface area contributed by atoms with Gasteiger partial charge in [-0.25, -0.2) is 9.78 Å². The van der Waals surface area contributed by atoms with Gasteiger partial charge in [-0.05, 0) is 24.5 Å². The first kappa shape index (κ1) is 18.6. The van der Waals surface area contributed by atoms with Crippen LogP contribution in [0.5, 0.6) is 0 Å². The molecule has 0 bridgehead atoms. The van der Waals surface area contributed by atoms with E-state index in [-0.39, 0.29) is 48.6 Å². The topological polar surface area (TPSA) is 148 Å². The van der Waals surface area contributed by atoms with Crippen molar-refractivity contribution in [3.8, 4) is 0 Å². The number of rotatable bonds is 5. The third-order valence-electron chi connectivity index (χ3n) is 4.57. The number of anilines is 1. The summed E-state index contributed by atoms with van der Waals surface area (Å²) in [4.78, 5) is 57.5. The molecule has 1 aliphatic rings. The second kappa shape index (κ2) is 7.60. The maximum absolute atomic E-state index is 12.3. The highest BCUT2D eigenvalue weighted by molar-refractivity contribution is 5.93. The monoisotopic (exact) mass is 375 g/mol. The van der Waals surface area contributed by atoms with Gasteiger partial charge in [-0.1, -0.05) is 6.92 Å². The first-order chi connectivity index (χ1) is 12.8. The Bertz CT molecular complexity index is 933. The molecule has 0 spiro atoms. The Morgan fingerprint density at radius 2 is 2.04 bits per heavy atom. The zero-order chi connectivity index (χ0) is 19.6. The number of imidazole rings is 1. The molecule has 4 N–H and O–H groups in total. The summed E-state index contributed by atoms with van der Waals surface area (Å²) in [6.45, 7) is 2.59. The molecule has 1 saturated heterocycles. The molecule has 3 heterocycles. The molecule has 2 atom stereocenters. The SMILES string of the molecule is CC1CC(C(=O)O)CN(C(=O)CCC(=O)Nc2ccc3[nH]c(=O)[nH]c3n2)C1. The number of likely N-dealkylation sites (tertiary alicyclic amines) is 1. The standard InChI is InChI=1S/C17H21N5O5/c1-9-6-10(16(25)26)8-22(7-9)14(24)5-4-13(23)19-12-3-2-11-15(20-12)21-17(27)18-11/h2-3,9-10H,4-8H2,1H3,(H,25,26)(H3,18,19,20,21,23,27). The van der Waals surface area contributed by atoms with Crippen molar-refractivity contribution < 1.29 is 19.5 Å². The third kappa shape index (κ3) is 4.52. The Labute approximate surface area is 154 Å². The normalized spacial score (nSPS) is 19.8. The maximum Gasteiger partial charge on any atom is 0.325 e. The van der Waals surface area contributed by atoms with E-state index in [1.807, 2.05) is 6.92 Å². The van der Waals surface area contributed by atoms with Gasteiger partial charge in [-0.15, -0.1) is 0 Å². The molecular weight excluding hydrogens is 354 g/mol. The number of fused-ring (bicyclic) bond motifs is 1. The van der Waals surface area contributed by atoms with E-state index in [4.69, 9.17) is 0 Å². The lowest BCUT2D eigenvalue weighted by Gasteiger charge is -2.34. The van der Waals surface area contributed by atoms with E-state index in [1.54, 1.807) is 12.1 Å². The van der Waals surface area contributed by atoms with Crippen LogP contribution >= 0.6 is 0 Å². The number of carboxylic acids is 1. The summed E-state index contributed by atoms with van der Waals surface area (Å²) in [5.74, 6) is -1.70. The van der Waals surface area contributed by atoms with Crippen molar-refractivity contribution in [2.24, 2.45) is 11.8 Å². The highest BCUT2D eigenvalue weighted by Crippen LogP contribution is 2.22. The number of carbonyl (C=O) groups excluding carboxylic acids is 2. The molecule has 0 aliphatic carbocycles. The van der Waals surface area contributed by atoms with E-state index in [9.17, 15) is 24.3 Å². The van der Waals surface area contributed by atoms with Crippen LogP contribution in [0.25, 0.3) is 11.2 Å². The summed E-state index contributed by atoms with van der Waals surface area (Å²) in [6, 6.07) is 3.16. The molecule has 1 aliphatic heterocycles. The number of nitrogens with one attached hydrogen (secondary N) is 3. The minimum atomic E-state index is -0.902. The second-order valence-corrected chi connectivity index (χ2v) is 6.89. The van der Waals surface area contributed by atoms with E-state index < -0.39 is 11.9 Å². The lowest BCUT2D eigenvalue weighted by molar-refractivity contribution is -0.147. The minimum absolute atomic E-state index is 0.00583. The van der Waals surface area contributed by atoms with Gasteiger partial charge in [0.25, 0.3) is 0 Å². The van der Waals surface area contributed by atoms with Crippen LogP contribution in [0, 0.1) is 11.8 Å². The number of piperidine rings is 1. The predicted molar refractivity (Wildman–Crippen MR) is 96.1 cm³/mol. The van der Waals surface area contributed by atoms with Crippen molar-refractivity contribution in [3.63, 3.8) is 0 Å². The lowest BCUT2D eigenvalue weighted by Crippen LogP contribution is -2.45. The van der Waals surface area contributed by atoms with Crippen molar-refractivity contribution in [3.05, 3.63) is 22.6 Å². The fourth-order valence-electron chi connectivity index (χ4n) is 3.30. The van der Waals surface area contributed by atoms with Crippen molar-refractivity contribution >= 4 is 34.8 Å². The number of aromatic amines is 2. The zero-order valence-corrected chi connectivity index (χ0v) is 14.8. The van der Waals surface area contributed by atoms with Crippen LogP contribution < -0.4 is 11.0 Å². The maximum atomic E-state index is 12.3. The first-order valence-electron chi connectivity index (χ1n) is 8.71. The highest BCUT2D eigenvalue weighted by Gasteiger charge is 2.31. The quantitative estimate of drug-likeness (QED) is 0.599. The molecule has 0 aromatic carbocycles. The molecule has 2 unspecified atom stereocenters. The third-order valence-corrected chi connectivity index (χ3v) is 4.57. The Balaban J connectivity index is 1.53. The van der Waals surface area contributed by atoms with Crippen LogP contribution in [-0.4, -0.2) is 55.8 Å². The molecule has 2 amide bonds. The molecule has 1 fully saturated rings. The summed E-state index contributed by atoms with van der Waals surface area (Å²) in [5, 5.41) is 11.8. The Morgan fingerprint density at radius 3 is 2.78 bits per heavy atom. The molecule has 27 heavy (non-hydrogen) atoms. The smallest absolute Gasteiger partial charge is 0.325 e. The molecule has 3 rings (SSSR count). The molecule has 0 radical (unpaired) electrons. The summed E-state index contributed by atoms with van der Waals surface area (Å²) in [7, 11) is 0. The number of amides is 2. The summed E-state index contributed by atoms with van der Waals surface area (Å²) >= 11 is 0. The average molecular weight is 375 g/mol. The van der Waals surface area contributed by atoms with Crippen LogP contribution in [-0.2, 0) is 14.4 Å². The van der Waals surface area contributed by atoms with Crippen LogP contribution in [0.15, 0.2) is 16.9 Å². The average Bonchev–Trinajstić information content (AvgIpc) is 2.98. The first-order valence-corrected chi connectivity index (χ1v) is 8.71. The van der Waals surface area contributed by atoms with Crippen molar-refractivity contribution in [2.75, 3.05) is 18.4 Å². The van der Waals surface area contributed by atoms with Crippen molar-refractivity contribution in [2.45, 2.75) is 26.2 Å². The summed E-state index contributed by atoms with van der Waals surface area (Å²) in [5.41, 5.74) is 0.471. The largest absolute Gasteiger partial charge is 0.481 e. The number of hydrogen-bond donors (Lipinski definition) is 4. The molecule has 2 aromatic rings. The van der Waals surface area contributed by atoms with Crippen LogP contribution in [0.2, 0.25) is 0 Å². The Morgan fingerprint density at radius 1 is 1.26 bits per heavy atom. The number of H-pyrrole nitrogens is 2. The number of hydrogen-bond acceptors (Lipinski definition) is 5. The van der Waals surface area contributed by atoms with Gasteiger partial charge in [0.1, 0.15) is 5.82 Å². The predicted octanol–water partition coefficient (Wildman–Crippen LogP) is 0.539. The molecule has 144 valence electrons. The number of aromatic nitrogens is 3. The van der Waals surface area contributed by atoms with Gasteiger partial charge >= 0.3 is 11.7 Å². The van der Waals surface area contributed by atoms with E-state index in [0.717, 1.165) is 0 Å². The molecular formula is C17H21N5O5. The Kier molecular flexibility index (Phi) is 5.24. The van der Waals surface area contributed by atoms with Gasteiger partial charge in [-0.2, -0.15) is 0 Å². The summed E-state index contributed by atoms with van der Waals surface area (Å²) < 4.78 is 0. The minimum Gasteiger partial charge on any atom is -0.481 e. The van der Waals surface area contributed by atoms with E-state index >= 15 is 0 Å². The zero-order valence-electron chi connectivity index (χ0n) is 14.8.